The second kappa shape index (κ2) is 3.49. The van der Waals surface area contributed by atoms with E-state index in [4.69, 9.17) is 5.73 Å². The molecule has 0 aromatic rings. The van der Waals surface area contributed by atoms with Crippen molar-refractivity contribution in [2.75, 3.05) is 13.1 Å². The molecule has 0 spiro atoms. The molecule has 2 heteroatoms. The van der Waals surface area contributed by atoms with Gasteiger partial charge in [0.25, 0.3) is 0 Å². The summed E-state index contributed by atoms with van der Waals surface area (Å²) >= 11 is 0. The monoisotopic (exact) mass is 196 g/mol. The Labute approximate surface area is 87.6 Å². The Hall–Kier alpha value is -0.0800. The molecule has 2 saturated carbocycles. The van der Waals surface area contributed by atoms with Crippen LogP contribution in [0.4, 0.5) is 0 Å². The minimum Gasteiger partial charge on any atom is -0.324 e. The molecule has 2 nitrogen and oxygen atoms in total. The van der Waals surface area contributed by atoms with Gasteiger partial charge in [-0.2, -0.15) is 0 Å². The summed E-state index contributed by atoms with van der Waals surface area (Å²) in [5.41, 5.74) is 6.79. The minimum absolute atomic E-state index is 0.0143. The van der Waals surface area contributed by atoms with Gasteiger partial charge in [-0.05, 0) is 50.4 Å². The quantitative estimate of drug-likeness (QED) is 0.681. The smallest absolute Gasteiger partial charge is 0.0249 e. The largest absolute Gasteiger partial charge is 0.324 e. The molecule has 0 radical (unpaired) electrons. The van der Waals surface area contributed by atoms with E-state index >= 15 is 0 Å². The molecule has 2 aliphatic rings. The molecule has 2 fully saturated rings. The van der Waals surface area contributed by atoms with Gasteiger partial charge in [0.05, 0.1) is 0 Å². The molecule has 1 unspecified atom stereocenters. The molecule has 0 bridgehead atoms. The summed E-state index contributed by atoms with van der Waals surface area (Å²) in [4.78, 5) is 0. The van der Waals surface area contributed by atoms with Gasteiger partial charge in [-0.25, -0.2) is 0 Å². The van der Waals surface area contributed by atoms with Crippen LogP contribution in [0.15, 0.2) is 0 Å². The van der Waals surface area contributed by atoms with E-state index in [0.29, 0.717) is 5.41 Å². The Bertz CT molecular complexity index is 202. The molecular formula is C12H24N2. The molecule has 2 rings (SSSR count). The summed E-state index contributed by atoms with van der Waals surface area (Å²) < 4.78 is 0. The molecule has 3 N–H and O–H groups in total. The first-order chi connectivity index (χ1) is 6.58. The maximum absolute atomic E-state index is 6.10. The van der Waals surface area contributed by atoms with E-state index in [-0.39, 0.29) is 5.54 Å². The van der Waals surface area contributed by atoms with Gasteiger partial charge in [-0.1, -0.05) is 6.92 Å². The lowest BCUT2D eigenvalue weighted by Crippen LogP contribution is -2.46. The fourth-order valence-electron chi connectivity index (χ4n) is 2.31. The van der Waals surface area contributed by atoms with Crippen molar-refractivity contribution in [1.82, 2.24) is 5.32 Å². The molecule has 2 aliphatic carbocycles. The van der Waals surface area contributed by atoms with Crippen LogP contribution in [0.5, 0.6) is 0 Å². The van der Waals surface area contributed by atoms with Crippen LogP contribution in [-0.2, 0) is 0 Å². The molecule has 0 aromatic carbocycles. The molecule has 0 aromatic heterocycles. The highest BCUT2D eigenvalue weighted by Gasteiger charge is 2.53. The van der Waals surface area contributed by atoms with E-state index in [0.717, 1.165) is 18.9 Å². The molecule has 14 heavy (non-hydrogen) atoms. The SMILES string of the molecule is CCC(C)(N)CNCC1(C2CC2)CC1. The normalized spacial score (nSPS) is 28.5. The van der Waals surface area contributed by atoms with Gasteiger partial charge < -0.3 is 11.1 Å². The van der Waals surface area contributed by atoms with Crippen LogP contribution in [0.1, 0.15) is 46.0 Å². The summed E-state index contributed by atoms with van der Waals surface area (Å²) in [6, 6.07) is 0. The lowest BCUT2D eigenvalue weighted by atomic mass is 9.98. The number of hydrogen-bond acceptors (Lipinski definition) is 2. The van der Waals surface area contributed by atoms with Crippen molar-refractivity contribution in [1.29, 1.82) is 0 Å². The lowest BCUT2D eigenvalue weighted by molar-refractivity contribution is 0.356. The van der Waals surface area contributed by atoms with Gasteiger partial charge in [-0.3, -0.25) is 0 Å². The summed E-state index contributed by atoms with van der Waals surface area (Å²) in [5, 5.41) is 3.58. The Kier molecular flexibility index (Phi) is 2.61. The fourth-order valence-corrected chi connectivity index (χ4v) is 2.31. The number of nitrogens with one attached hydrogen (secondary N) is 1. The van der Waals surface area contributed by atoms with E-state index in [1.807, 2.05) is 0 Å². The second-order valence-electron chi connectivity index (χ2n) is 5.75. The lowest BCUT2D eigenvalue weighted by Gasteiger charge is -2.25. The topological polar surface area (TPSA) is 38.0 Å². The van der Waals surface area contributed by atoms with Crippen LogP contribution in [0, 0.1) is 11.3 Å². The predicted molar refractivity (Wildman–Crippen MR) is 60.1 cm³/mol. The van der Waals surface area contributed by atoms with Crippen LogP contribution >= 0.6 is 0 Å². The van der Waals surface area contributed by atoms with Gasteiger partial charge in [0.1, 0.15) is 0 Å². The van der Waals surface area contributed by atoms with Crippen molar-refractivity contribution >= 4 is 0 Å². The second-order valence-corrected chi connectivity index (χ2v) is 5.75. The Balaban J connectivity index is 1.67. The average Bonchev–Trinajstić information content (AvgIpc) is 2.98. The van der Waals surface area contributed by atoms with Crippen LogP contribution in [0.2, 0.25) is 0 Å². The number of rotatable bonds is 6. The summed E-state index contributed by atoms with van der Waals surface area (Å²) in [6.45, 7) is 6.48. The molecule has 0 amide bonds. The maximum Gasteiger partial charge on any atom is 0.0249 e. The van der Waals surface area contributed by atoms with Crippen molar-refractivity contribution in [2.24, 2.45) is 17.1 Å². The van der Waals surface area contributed by atoms with Crippen molar-refractivity contribution in [3.05, 3.63) is 0 Å². The molecule has 0 heterocycles. The first kappa shape index (κ1) is 10.4. The predicted octanol–water partition coefficient (Wildman–Crippen LogP) is 1.89. The average molecular weight is 196 g/mol. The zero-order chi connectivity index (χ0) is 10.2. The zero-order valence-corrected chi connectivity index (χ0v) is 9.60. The summed E-state index contributed by atoms with van der Waals surface area (Å²) in [7, 11) is 0. The van der Waals surface area contributed by atoms with Gasteiger partial charge in [-0.15, -0.1) is 0 Å². The fraction of sp³-hybridized carbons (Fsp3) is 1.00. The van der Waals surface area contributed by atoms with Crippen molar-refractivity contribution < 1.29 is 0 Å². The minimum atomic E-state index is -0.0143. The maximum atomic E-state index is 6.10. The van der Waals surface area contributed by atoms with Gasteiger partial charge in [0, 0.05) is 18.6 Å². The zero-order valence-electron chi connectivity index (χ0n) is 9.60. The highest BCUT2D eigenvalue weighted by atomic mass is 15.0. The van der Waals surface area contributed by atoms with Crippen molar-refractivity contribution in [2.45, 2.75) is 51.5 Å². The third-order valence-corrected chi connectivity index (χ3v) is 4.15. The van der Waals surface area contributed by atoms with E-state index in [2.05, 4.69) is 19.2 Å². The highest BCUT2D eigenvalue weighted by molar-refractivity contribution is 5.05. The molecular weight excluding hydrogens is 172 g/mol. The Morgan fingerprint density at radius 1 is 1.43 bits per heavy atom. The van der Waals surface area contributed by atoms with Crippen LogP contribution in [0.25, 0.3) is 0 Å². The van der Waals surface area contributed by atoms with E-state index < -0.39 is 0 Å². The van der Waals surface area contributed by atoms with Crippen molar-refractivity contribution in [3.63, 3.8) is 0 Å². The standard InChI is InChI=1S/C12H24N2/c1-3-11(2,13)8-14-9-12(6-7-12)10-4-5-10/h10,14H,3-9,13H2,1-2H3. The number of nitrogens with two attached hydrogens (primary N) is 1. The van der Waals surface area contributed by atoms with Crippen LogP contribution in [0.3, 0.4) is 0 Å². The number of hydrogen-bond donors (Lipinski definition) is 2. The van der Waals surface area contributed by atoms with Crippen LogP contribution in [-0.4, -0.2) is 18.6 Å². The van der Waals surface area contributed by atoms with E-state index in [1.165, 1.54) is 32.2 Å². The Morgan fingerprint density at radius 3 is 2.50 bits per heavy atom. The summed E-state index contributed by atoms with van der Waals surface area (Å²) in [6.07, 6.45) is 6.93. The highest BCUT2D eigenvalue weighted by Crippen LogP contribution is 2.60. The van der Waals surface area contributed by atoms with Crippen molar-refractivity contribution in [3.8, 4) is 0 Å². The molecule has 0 saturated heterocycles. The van der Waals surface area contributed by atoms with Gasteiger partial charge in [0.2, 0.25) is 0 Å². The first-order valence-corrected chi connectivity index (χ1v) is 6.08. The van der Waals surface area contributed by atoms with Crippen LogP contribution < -0.4 is 11.1 Å². The first-order valence-electron chi connectivity index (χ1n) is 6.08. The molecule has 0 aliphatic heterocycles. The third-order valence-electron chi connectivity index (χ3n) is 4.15. The third kappa shape index (κ3) is 2.29. The molecule has 82 valence electrons. The van der Waals surface area contributed by atoms with E-state index in [9.17, 15) is 0 Å². The van der Waals surface area contributed by atoms with E-state index in [1.54, 1.807) is 0 Å². The summed E-state index contributed by atoms with van der Waals surface area (Å²) in [5.74, 6) is 1.06. The van der Waals surface area contributed by atoms with Gasteiger partial charge in [0.15, 0.2) is 0 Å². The van der Waals surface area contributed by atoms with Gasteiger partial charge >= 0.3 is 0 Å². The Morgan fingerprint density at radius 2 is 2.07 bits per heavy atom. The molecule has 1 atom stereocenters.